The molecule has 0 aromatic heterocycles. The molecule has 0 atom stereocenters. The summed E-state index contributed by atoms with van der Waals surface area (Å²) < 4.78 is 25.5. The van der Waals surface area contributed by atoms with Crippen molar-refractivity contribution in [3.8, 4) is 0 Å². The van der Waals surface area contributed by atoms with Gasteiger partial charge in [-0.15, -0.1) is 11.8 Å². The second kappa shape index (κ2) is 4.96. The van der Waals surface area contributed by atoms with Gasteiger partial charge in [-0.1, -0.05) is 11.6 Å². The molecule has 1 rings (SSSR count). The van der Waals surface area contributed by atoms with Crippen molar-refractivity contribution in [3.63, 3.8) is 0 Å². The highest BCUT2D eigenvalue weighted by Gasteiger charge is 2.26. The number of halogens is 3. The standard InChI is InChI=1S/C9H10ClF2NS/c10-7-1-3-8(4-2-7)14-6-9(11,12)5-13/h1-4H,5-6,13H2. The lowest BCUT2D eigenvalue weighted by Crippen LogP contribution is -2.30. The predicted molar refractivity (Wildman–Crippen MR) is 56.2 cm³/mol. The number of nitrogens with two attached hydrogens (primary N) is 1. The third-order valence-corrected chi connectivity index (χ3v) is 2.99. The molecule has 1 aromatic rings. The Bertz CT molecular complexity index is 289. The molecular weight excluding hydrogens is 228 g/mol. The van der Waals surface area contributed by atoms with Crippen molar-refractivity contribution < 1.29 is 8.78 Å². The molecule has 0 aliphatic rings. The van der Waals surface area contributed by atoms with Crippen LogP contribution in [0.2, 0.25) is 5.02 Å². The fourth-order valence-electron chi connectivity index (χ4n) is 0.779. The largest absolute Gasteiger partial charge is 0.325 e. The first-order chi connectivity index (χ1) is 6.53. The quantitative estimate of drug-likeness (QED) is 0.815. The lowest BCUT2D eigenvalue weighted by Gasteiger charge is -2.12. The molecule has 0 fully saturated rings. The number of hydrogen-bond acceptors (Lipinski definition) is 2. The molecule has 0 amide bonds. The smallest absolute Gasteiger partial charge is 0.269 e. The van der Waals surface area contributed by atoms with Crippen molar-refractivity contribution in [1.29, 1.82) is 0 Å². The highest BCUT2D eigenvalue weighted by Crippen LogP contribution is 2.26. The van der Waals surface area contributed by atoms with E-state index in [0.29, 0.717) is 5.02 Å². The average molecular weight is 238 g/mol. The molecule has 0 saturated carbocycles. The van der Waals surface area contributed by atoms with Crippen LogP contribution in [0.5, 0.6) is 0 Å². The van der Waals surface area contributed by atoms with Crippen LogP contribution in [0.4, 0.5) is 8.78 Å². The molecule has 0 aliphatic heterocycles. The maximum Gasteiger partial charge on any atom is 0.269 e. The van der Waals surface area contributed by atoms with Gasteiger partial charge in [0.15, 0.2) is 0 Å². The van der Waals surface area contributed by atoms with Gasteiger partial charge in [0.05, 0.1) is 12.3 Å². The van der Waals surface area contributed by atoms with Crippen LogP contribution in [0.3, 0.4) is 0 Å². The van der Waals surface area contributed by atoms with Crippen LogP contribution in [0, 0.1) is 0 Å². The topological polar surface area (TPSA) is 26.0 Å². The Morgan fingerprint density at radius 3 is 2.36 bits per heavy atom. The second-order valence-corrected chi connectivity index (χ2v) is 4.29. The molecule has 5 heteroatoms. The third-order valence-electron chi connectivity index (χ3n) is 1.56. The van der Waals surface area contributed by atoms with Crippen LogP contribution >= 0.6 is 23.4 Å². The summed E-state index contributed by atoms with van der Waals surface area (Å²) in [6.45, 7) is -0.617. The Morgan fingerprint density at radius 2 is 1.86 bits per heavy atom. The molecule has 2 N–H and O–H groups in total. The van der Waals surface area contributed by atoms with Crippen LogP contribution in [0.25, 0.3) is 0 Å². The summed E-state index contributed by atoms with van der Waals surface area (Å²) in [6.07, 6.45) is 0. The Morgan fingerprint density at radius 1 is 1.29 bits per heavy atom. The highest BCUT2D eigenvalue weighted by molar-refractivity contribution is 7.99. The van der Waals surface area contributed by atoms with Crippen LogP contribution in [-0.4, -0.2) is 18.2 Å². The van der Waals surface area contributed by atoms with Crippen LogP contribution < -0.4 is 5.73 Å². The Hall–Kier alpha value is -0.320. The minimum Gasteiger partial charge on any atom is -0.325 e. The van der Waals surface area contributed by atoms with Gasteiger partial charge in [0, 0.05) is 9.92 Å². The number of benzene rings is 1. The van der Waals surface area contributed by atoms with Crippen molar-refractivity contribution in [2.24, 2.45) is 5.73 Å². The van der Waals surface area contributed by atoms with Gasteiger partial charge in [-0.2, -0.15) is 0 Å². The normalized spacial score (nSPS) is 11.7. The molecule has 0 bridgehead atoms. The van der Waals surface area contributed by atoms with E-state index < -0.39 is 12.5 Å². The summed E-state index contributed by atoms with van der Waals surface area (Å²) in [5.41, 5.74) is 4.91. The summed E-state index contributed by atoms with van der Waals surface area (Å²) in [6, 6.07) is 6.76. The second-order valence-electron chi connectivity index (χ2n) is 2.80. The predicted octanol–water partition coefficient (Wildman–Crippen LogP) is 3.03. The van der Waals surface area contributed by atoms with Crippen LogP contribution in [0.1, 0.15) is 0 Å². The van der Waals surface area contributed by atoms with E-state index in [9.17, 15) is 8.78 Å². The van der Waals surface area contributed by atoms with Gasteiger partial charge in [-0.3, -0.25) is 0 Å². The maximum absolute atomic E-state index is 12.7. The summed E-state index contributed by atoms with van der Waals surface area (Å²) in [5.74, 6) is -3.10. The van der Waals surface area contributed by atoms with Crippen molar-refractivity contribution >= 4 is 23.4 Å². The van der Waals surface area contributed by atoms with E-state index in [0.717, 1.165) is 16.7 Å². The van der Waals surface area contributed by atoms with E-state index in [-0.39, 0.29) is 5.75 Å². The van der Waals surface area contributed by atoms with Crippen molar-refractivity contribution in [1.82, 2.24) is 0 Å². The Balaban J connectivity index is 2.50. The molecule has 0 aliphatic carbocycles. The molecular formula is C9H10ClF2NS. The Labute approximate surface area is 90.6 Å². The number of rotatable bonds is 4. The molecule has 0 unspecified atom stereocenters. The first-order valence-electron chi connectivity index (χ1n) is 4.00. The Kier molecular flexibility index (Phi) is 4.16. The molecule has 78 valence electrons. The zero-order valence-corrected chi connectivity index (χ0v) is 8.92. The highest BCUT2D eigenvalue weighted by atomic mass is 35.5. The van der Waals surface area contributed by atoms with Gasteiger partial charge in [0.1, 0.15) is 0 Å². The van der Waals surface area contributed by atoms with Crippen LogP contribution in [0.15, 0.2) is 29.2 Å². The minimum atomic E-state index is -2.80. The molecule has 14 heavy (non-hydrogen) atoms. The molecule has 1 nitrogen and oxygen atoms in total. The van der Waals surface area contributed by atoms with E-state index in [2.05, 4.69) is 0 Å². The third kappa shape index (κ3) is 3.82. The van der Waals surface area contributed by atoms with Crippen molar-refractivity contribution in [3.05, 3.63) is 29.3 Å². The molecule has 0 radical (unpaired) electrons. The lowest BCUT2D eigenvalue weighted by molar-refractivity contribution is 0.0375. The summed E-state index contributed by atoms with van der Waals surface area (Å²) >= 11 is 6.72. The first kappa shape index (κ1) is 11.8. The van der Waals surface area contributed by atoms with E-state index in [1.165, 1.54) is 0 Å². The van der Waals surface area contributed by atoms with Gasteiger partial charge < -0.3 is 5.73 Å². The molecule has 1 aromatic carbocycles. The van der Waals surface area contributed by atoms with Gasteiger partial charge in [0.2, 0.25) is 0 Å². The zero-order chi connectivity index (χ0) is 10.6. The van der Waals surface area contributed by atoms with E-state index in [1.807, 2.05) is 0 Å². The minimum absolute atomic E-state index is 0.300. The van der Waals surface area contributed by atoms with E-state index >= 15 is 0 Å². The fraction of sp³-hybridized carbons (Fsp3) is 0.333. The zero-order valence-electron chi connectivity index (χ0n) is 7.34. The van der Waals surface area contributed by atoms with Gasteiger partial charge in [0.25, 0.3) is 5.92 Å². The monoisotopic (exact) mass is 237 g/mol. The number of alkyl halides is 2. The SMILES string of the molecule is NCC(F)(F)CSc1ccc(Cl)cc1. The summed E-state index contributed by atoms with van der Waals surface area (Å²) in [4.78, 5) is 0.766. The molecule has 0 heterocycles. The lowest BCUT2D eigenvalue weighted by atomic mass is 10.4. The van der Waals surface area contributed by atoms with E-state index in [1.54, 1.807) is 24.3 Å². The van der Waals surface area contributed by atoms with Crippen LogP contribution in [-0.2, 0) is 0 Å². The van der Waals surface area contributed by atoms with Crippen molar-refractivity contribution in [2.45, 2.75) is 10.8 Å². The van der Waals surface area contributed by atoms with Gasteiger partial charge >= 0.3 is 0 Å². The summed E-state index contributed by atoms with van der Waals surface area (Å²) in [5, 5.41) is 0.597. The maximum atomic E-state index is 12.7. The number of thioether (sulfide) groups is 1. The van der Waals surface area contributed by atoms with Crippen molar-refractivity contribution in [2.75, 3.05) is 12.3 Å². The molecule has 0 spiro atoms. The fourth-order valence-corrected chi connectivity index (χ4v) is 1.73. The average Bonchev–Trinajstić information content (AvgIpc) is 2.17. The van der Waals surface area contributed by atoms with E-state index in [4.69, 9.17) is 17.3 Å². The van der Waals surface area contributed by atoms with Gasteiger partial charge in [-0.25, -0.2) is 8.78 Å². The summed E-state index contributed by atoms with van der Waals surface area (Å²) in [7, 11) is 0. The number of hydrogen-bond donors (Lipinski definition) is 1. The van der Waals surface area contributed by atoms with Gasteiger partial charge in [-0.05, 0) is 24.3 Å². The first-order valence-corrected chi connectivity index (χ1v) is 5.36. The molecule has 0 saturated heterocycles.